The Kier molecular flexibility index (Phi) is 3.06. The fourth-order valence-corrected chi connectivity index (χ4v) is 1.21. The first kappa shape index (κ1) is 11.6. The van der Waals surface area contributed by atoms with E-state index in [2.05, 4.69) is 9.72 Å². The number of hydrogen-bond donors (Lipinski definition) is 0. The number of aryl methyl sites for hydroxylation is 1. The van der Waals surface area contributed by atoms with Gasteiger partial charge in [0, 0.05) is 11.8 Å². The van der Waals surface area contributed by atoms with Crippen molar-refractivity contribution in [1.82, 2.24) is 4.98 Å². The van der Waals surface area contributed by atoms with Crippen molar-refractivity contribution in [2.75, 3.05) is 14.2 Å². The minimum absolute atomic E-state index is 0.0554. The van der Waals surface area contributed by atoms with Crippen molar-refractivity contribution < 1.29 is 22.6 Å². The van der Waals surface area contributed by atoms with Crippen LogP contribution in [0.4, 0.5) is 13.2 Å². The van der Waals surface area contributed by atoms with E-state index in [-0.39, 0.29) is 11.5 Å². The minimum Gasteiger partial charge on any atom is -0.492 e. The van der Waals surface area contributed by atoms with Gasteiger partial charge in [-0.25, -0.2) is 4.98 Å². The van der Waals surface area contributed by atoms with Crippen molar-refractivity contribution in [2.45, 2.75) is 13.1 Å². The summed E-state index contributed by atoms with van der Waals surface area (Å²) >= 11 is 0. The summed E-state index contributed by atoms with van der Waals surface area (Å²) in [5.74, 6) is -0.329. The molecule has 3 nitrogen and oxygen atoms in total. The molecule has 0 aliphatic carbocycles. The molecule has 6 heteroatoms. The van der Waals surface area contributed by atoms with Gasteiger partial charge >= 0.3 is 6.18 Å². The summed E-state index contributed by atoms with van der Waals surface area (Å²) in [5, 5.41) is 0. The lowest BCUT2D eigenvalue weighted by Crippen LogP contribution is -2.11. The fraction of sp³-hybridized carbons (Fsp3) is 0.444. The molecule has 0 radical (unpaired) electrons. The largest absolute Gasteiger partial charge is 0.492 e. The van der Waals surface area contributed by atoms with Gasteiger partial charge in [-0.05, 0) is 6.92 Å². The maximum atomic E-state index is 12.5. The van der Waals surface area contributed by atoms with Crippen molar-refractivity contribution in [3.8, 4) is 11.5 Å². The number of methoxy groups -OCH3 is 2. The van der Waals surface area contributed by atoms with E-state index in [9.17, 15) is 13.2 Å². The van der Waals surface area contributed by atoms with Crippen LogP contribution < -0.4 is 9.47 Å². The number of nitrogens with zero attached hydrogens (tertiary/aromatic N) is 1. The molecule has 0 aromatic carbocycles. The molecule has 15 heavy (non-hydrogen) atoms. The smallest absolute Gasteiger partial charge is 0.437 e. The lowest BCUT2D eigenvalue weighted by Gasteiger charge is -2.15. The lowest BCUT2D eigenvalue weighted by atomic mass is 10.2. The number of hydrogen-bond acceptors (Lipinski definition) is 3. The number of ether oxygens (including phenoxy) is 2. The highest BCUT2D eigenvalue weighted by Gasteiger charge is 2.38. The number of aromatic nitrogens is 1. The molecular weight excluding hydrogens is 211 g/mol. The predicted octanol–water partition coefficient (Wildman–Crippen LogP) is 2.43. The van der Waals surface area contributed by atoms with E-state index >= 15 is 0 Å². The van der Waals surface area contributed by atoms with E-state index < -0.39 is 11.9 Å². The quantitative estimate of drug-likeness (QED) is 0.768. The Hall–Kier alpha value is -1.46. The van der Waals surface area contributed by atoms with Gasteiger partial charge in [-0.2, -0.15) is 13.2 Å². The molecule has 0 amide bonds. The van der Waals surface area contributed by atoms with E-state index in [0.717, 1.165) is 13.3 Å². The summed E-state index contributed by atoms with van der Waals surface area (Å²) in [4.78, 5) is 3.30. The van der Waals surface area contributed by atoms with Crippen molar-refractivity contribution in [2.24, 2.45) is 0 Å². The van der Waals surface area contributed by atoms with Gasteiger partial charge in [-0.3, -0.25) is 0 Å². The summed E-state index contributed by atoms with van der Waals surface area (Å²) in [6, 6.07) is 0. The first-order valence-corrected chi connectivity index (χ1v) is 4.06. The third-order valence-corrected chi connectivity index (χ3v) is 1.84. The van der Waals surface area contributed by atoms with Gasteiger partial charge in [0.2, 0.25) is 0 Å². The van der Waals surface area contributed by atoms with Gasteiger partial charge in [0.05, 0.1) is 14.2 Å². The molecule has 0 aliphatic heterocycles. The minimum atomic E-state index is -4.55. The van der Waals surface area contributed by atoms with Crippen LogP contribution in [0.15, 0.2) is 6.20 Å². The van der Waals surface area contributed by atoms with Crippen molar-refractivity contribution in [1.29, 1.82) is 0 Å². The maximum Gasteiger partial charge on any atom is 0.437 e. The first-order valence-electron chi connectivity index (χ1n) is 4.06. The molecule has 0 bridgehead atoms. The average Bonchev–Trinajstić information content (AvgIpc) is 2.15. The Labute approximate surface area is 84.8 Å². The molecule has 0 fully saturated rings. The van der Waals surface area contributed by atoms with Crippen molar-refractivity contribution in [3.63, 3.8) is 0 Å². The highest BCUT2D eigenvalue weighted by Crippen LogP contribution is 2.41. The molecular formula is C9H10F3NO2. The molecule has 0 aliphatic rings. The second kappa shape index (κ2) is 3.96. The zero-order valence-corrected chi connectivity index (χ0v) is 8.47. The number of halogens is 3. The van der Waals surface area contributed by atoms with Crippen LogP contribution >= 0.6 is 0 Å². The normalized spacial score (nSPS) is 11.3. The summed E-state index contributed by atoms with van der Waals surface area (Å²) < 4.78 is 47.0. The van der Waals surface area contributed by atoms with Crippen LogP contribution in [0.1, 0.15) is 11.3 Å². The highest BCUT2D eigenvalue weighted by molar-refractivity contribution is 5.48. The molecule has 1 rings (SSSR count). The second-order valence-electron chi connectivity index (χ2n) is 2.85. The average molecular weight is 221 g/mol. The standard InChI is InChI=1S/C9H10F3NO2/c1-5-4-13-8(9(10,11)12)7(15-3)6(5)14-2/h4H,1-3H3. The van der Waals surface area contributed by atoms with Crippen LogP contribution in [0, 0.1) is 6.92 Å². The van der Waals surface area contributed by atoms with Crippen LogP contribution in [0.25, 0.3) is 0 Å². The van der Waals surface area contributed by atoms with E-state index in [0.29, 0.717) is 5.56 Å². The topological polar surface area (TPSA) is 31.4 Å². The number of pyridine rings is 1. The molecule has 0 atom stereocenters. The third kappa shape index (κ3) is 2.14. The molecule has 84 valence electrons. The summed E-state index contributed by atoms with van der Waals surface area (Å²) in [6.45, 7) is 1.59. The molecule has 0 spiro atoms. The van der Waals surface area contributed by atoms with E-state index in [1.807, 2.05) is 0 Å². The lowest BCUT2D eigenvalue weighted by molar-refractivity contribution is -0.142. The van der Waals surface area contributed by atoms with Gasteiger partial charge in [0.25, 0.3) is 0 Å². The Morgan fingerprint density at radius 3 is 2.07 bits per heavy atom. The van der Waals surface area contributed by atoms with E-state index in [4.69, 9.17) is 4.74 Å². The van der Waals surface area contributed by atoms with Crippen molar-refractivity contribution in [3.05, 3.63) is 17.5 Å². The molecule has 0 N–H and O–H groups in total. The highest BCUT2D eigenvalue weighted by atomic mass is 19.4. The Morgan fingerprint density at radius 1 is 1.13 bits per heavy atom. The second-order valence-corrected chi connectivity index (χ2v) is 2.85. The van der Waals surface area contributed by atoms with Gasteiger partial charge in [0.15, 0.2) is 17.2 Å². The van der Waals surface area contributed by atoms with Crippen LogP contribution in [0.3, 0.4) is 0 Å². The summed E-state index contributed by atoms with van der Waals surface area (Å²) in [7, 11) is 2.43. The van der Waals surface area contributed by atoms with Crippen LogP contribution in [0.2, 0.25) is 0 Å². The van der Waals surface area contributed by atoms with Crippen molar-refractivity contribution >= 4 is 0 Å². The first-order chi connectivity index (χ1) is 6.91. The van der Waals surface area contributed by atoms with Crippen LogP contribution in [-0.2, 0) is 6.18 Å². The fourth-order valence-electron chi connectivity index (χ4n) is 1.21. The maximum absolute atomic E-state index is 12.5. The molecule has 1 aromatic rings. The van der Waals surface area contributed by atoms with Crippen LogP contribution in [-0.4, -0.2) is 19.2 Å². The van der Waals surface area contributed by atoms with Crippen LogP contribution in [0.5, 0.6) is 11.5 Å². The predicted molar refractivity (Wildman–Crippen MR) is 47.1 cm³/mol. The number of alkyl halides is 3. The van der Waals surface area contributed by atoms with Gasteiger partial charge < -0.3 is 9.47 Å². The zero-order valence-electron chi connectivity index (χ0n) is 8.47. The molecule has 0 saturated heterocycles. The van der Waals surface area contributed by atoms with Gasteiger partial charge in [-0.1, -0.05) is 0 Å². The Balaban J connectivity index is 3.42. The Bertz CT molecular complexity index is 363. The van der Waals surface area contributed by atoms with Gasteiger partial charge in [0.1, 0.15) is 0 Å². The zero-order chi connectivity index (χ0) is 11.6. The third-order valence-electron chi connectivity index (χ3n) is 1.84. The molecule has 1 aromatic heterocycles. The monoisotopic (exact) mass is 221 g/mol. The molecule has 0 saturated carbocycles. The molecule has 1 heterocycles. The SMILES string of the molecule is COc1c(C)cnc(C(F)(F)F)c1OC. The van der Waals surface area contributed by atoms with E-state index in [1.165, 1.54) is 7.11 Å². The van der Waals surface area contributed by atoms with Gasteiger partial charge in [-0.15, -0.1) is 0 Å². The Morgan fingerprint density at radius 2 is 1.67 bits per heavy atom. The van der Waals surface area contributed by atoms with E-state index in [1.54, 1.807) is 6.92 Å². The number of rotatable bonds is 2. The summed E-state index contributed by atoms with van der Waals surface area (Å²) in [6.07, 6.45) is -3.45. The summed E-state index contributed by atoms with van der Waals surface area (Å²) in [5.41, 5.74) is -0.588. The molecule has 0 unspecified atom stereocenters.